The Kier molecular flexibility index (Phi) is 4.70. The molecule has 2 bridgehead atoms. The minimum atomic E-state index is 0.00712. The van der Waals surface area contributed by atoms with E-state index in [9.17, 15) is 0 Å². The zero-order valence-corrected chi connectivity index (χ0v) is 14.8. The van der Waals surface area contributed by atoms with Gasteiger partial charge in [0.1, 0.15) is 5.72 Å². The normalized spacial score (nSPS) is 38.5. The van der Waals surface area contributed by atoms with E-state index >= 15 is 0 Å². The first-order chi connectivity index (χ1) is 11.3. The molecule has 0 aromatic carbocycles. The summed E-state index contributed by atoms with van der Waals surface area (Å²) >= 11 is 0. The summed E-state index contributed by atoms with van der Waals surface area (Å²) in [6, 6.07) is 0.533. The van der Waals surface area contributed by atoms with Crippen molar-refractivity contribution in [3.8, 4) is 0 Å². The van der Waals surface area contributed by atoms with Crippen LogP contribution in [0.25, 0.3) is 0 Å². The molecule has 4 heteroatoms. The van der Waals surface area contributed by atoms with E-state index in [-0.39, 0.29) is 5.72 Å². The van der Waals surface area contributed by atoms with E-state index in [4.69, 9.17) is 9.47 Å². The van der Waals surface area contributed by atoms with Gasteiger partial charge in [-0.3, -0.25) is 4.90 Å². The van der Waals surface area contributed by atoms with Crippen molar-refractivity contribution >= 4 is 0 Å². The van der Waals surface area contributed by atoms with E-state index in [1.54, 1.807) is 0 Å². The molecule has 4 saturated heterocycles. The minimum Gasteiger partial charge on any atom is -0.380 e. The van der Waals surface area contributed by atoms with Crippen LogP contribution in [0.15, 0.2) is 0 Å². The molecule has 4 aliphatic heterocycles. The highest BCUT2D eigenvalue weighted by Gasteiger charge is 2.61. The van der Waals surface area contributed by atoms with Crippen molar-refractivity contribution in [2.75, 3.05) is 32.8 Å². The van der Waals surface area contributed by atoms with Gasteiger partial charge in [-0.25, -0.2) is 0 Å². The summed E-state index contributed by atoms with van der Waals surface area (Å²) in [5.41, 5.74) is 0.492. The number of nitrogens with zero attached hydrogens (tertiary/aromatic N) is 1. The second kappa shape index (κ2) is 6.62. The predicted molar refractivity (Wildman–Crippen MR) is 91.4 cm³/mol. The number of hydrogen-bond donors (Lipinski definition) is 1. The van der Waals surface area contributed by atoms with E-state index in [1.807, 2.05) is 0 Å². The maximum atomic E-state index is 6.58. The molecule has 0 amide bonds. The molecule has 0 aromatic rings. The molecule has 132 valence electrons. The molecule has 0 saturated carbocycles. The molecule has 1 spiro atoms. The van der Waals surface area contributed by atoms with Crippen LogP contribution in [0, 0.1) is 5.41 Å². The third-order valence-electron chi connectivity index (χ3n) is 6.58. The molecule has 0 aromatic heterocycles. The summed E-state index contributed by atoms with van der Waals surface area (Å²) < 4.78 is 12.0. The number of unbranched alkanes of at least 4 members (excludes halogenated alkanes) is 5. The zero-order valence-electron chi connectivity index (χ0n) is 14.8. The van der Waals surface area contributed by atoms with E-state index in [0.29, 0.717) is 17.6 Å². The Morgan fingerprint density at radius 3 is 2.61 bits per heavy atom. The van der Waals surface area contributed by atoms with Gasteiger partial charge < -0.3 is 14.8 Å². The van der Waals surface area contributed by atoms with Gasteiger partial charge in [-0.1, -0.05) is 45.4 Å². The first kappa shape index (κ1) is 16.3. The van der Waals surface area contributed by atoms with Gasteiger partial charge in [0.2, 0.25) is 0 Å². The summed E-state index contributed by atoms with van der Waals surface area (Å²) in [6.45, 7) is 7.67. The van der Waals surface area contributed by atoms with Crippen LogP contribution in [0.1, 0.15) is 64.7 Å². The average Bonchev–Trinajstić information content (AvgIpc) is 2.81. The Hall–Kier alpha value is -0.160. The van der Waals surface area contributed by atoms with Crippen LogP contribution in [0.2, 0.25) is 0 Å². The maximum absolute atomic E-state index is 6.58. The molecule has 0 aliphatic carbocycles. The van der Waals surface area contributed by atoms with E-state index < -0.39 is 0 Å². The molecule has 1 N–H and O–H groups in total. The predicted octanol–water partition coefficient (Wildman–Crippen LogP) is 2.92. The average molecular weight is 322 g/mol. The molecule has 0 radical (unpaired) electrons. The lowest BCUT2D eigenvalue weighted by Gasteiger charge is -2.62. The monoisotopic (exact) mass is 322 g/mol. The largest absolute Gasteiger partial charge is 0.380 e. The first-order valence-electron chi connectivity index (χ1n) is 10.0. The fraction of sp³-hybridized carbons (Fsp3) is 1.00. The fourth-order valence-corrected chi connectivity index (χ4v) is 5.12. The maximum Gasteiger partial charge on any atom is 0.137 e. The van der Waals surface area contributed by atoms with Gasteiger partial charge in [0.15, 0.2) is 0 Å². The number of fused-ring (bicyclic) bond motifs is 2. The van der Waals surface area contributed by atoms with Crippen LogP contribution in [-0.4, -0.2) is 55.6 Å². The Morgan fingerprint density at radius 2 is 1.87 bits per heavy atom. The van der Waals surface area contributed by atoms with Crippen molar-refractivity contribution in [3.05, 3.63) is 0 Å². The van der Waals surface area contributed by atoms with Gasteiger partial charge in [-0.2, -0.15) is 0 Å². The molecular formula is C19H34N2O2. The number of hydrogen-bond acceptors (Lipinski definition) is 4. The topological polar surface area (TPSA) is 33.7 Å². The van der Waals surface area contributed by atoms with Crippen molar-refractivity contribution in [2.24, 2.45) is 5.41 Å². The van der Waals surface area contributed by atoms with Crippen molar-refractivity contribution < 1.29 is 9.47 Å². The molecule has 4 nitrogen and oxygen atoms in total. The Labute approximate surface area is 141 Å². The standard InChI is InChI=1S/C19H34N2O2/c1-2-3-4-5-6-7-8-17-19(10-9-16(23-19)11-20-17)21-12-18(13-21)14-22-15-18/h16-17,20H,2-15H2,1H3. The zero-order chi connectivity index (χ0) is 15.8. The summed E-state index contributed by atoms with van der Waals surface area (Å²) in [5.74, 6) is 0. The lowest BCUT2D eigenvalue weighted by molar-refractivity contribution is -0.280. The molecule has 4 heterocycles. The van der Waals surface area contributed by atoms with Gasteiger partial charge >= 0.3 is 0 Å². The van der Waals surface area contributed by atoms with Crippen LogP contribution in [0.3, 0.4) is 0 Å². The van der Waals surface area contributed by atoms with Crippen LogP contribution in [0.5, 0.6) is 0 Å². The fourth-order valence-electron chi connectivity index (χ4n) is 5.12. The number of nitrogens with one attached hydrogen (secondary N) is 1. The lowest BCUT2D eigenvalue weighted by atomic mass is 9.75. The second-order valence-corrected chi connectivity index (χ2v) is 8.49. The number of morpholine rings is 1. The smallest absolute Gasteiger partial charge is 0.137 e. The highest BCUT2D eigenvalue weighted by molar-refractivity contribution is 5.10. The second-order valence-electron chi connectivity index (χ2n) is 8.49. The van der Waals surface area contributed by atoms with Gasteiger partial charge in [0.25, 0.3) is 0 Å². The molecular weight excluding hydrogens is 288 g/mol. The lowest BCUT2D eigenvalue weighted by Crippen LogP contribution is -2.76. The van der Waals surface area contributed by atoms with E-state index in [0.717, 1.165) is 19.8 Å². The van der Waals surface area contributed by atoms with Crippen molar-refractivity contribution in [3.63, 3.8) is 0 Å². The van der Waals surface area contributed by atoms with Crippen LogP contribution < -0.4 is 5.32 Å². The number of rotatable bonds is 8. The third-order valence-corrected chi connectivity index (χ3v) is 6.58. The third kappa shape index (κ3) is 2.97. The van der Waals surface area contributed by atoms with E-state index in [2.05, 4.69) is 17.1 Å². The SMILES string of the molecule is CCCCCCCCC1NCC2CCC1(N1CC3(COC3)C1)O2. The summed E-state index contributed by atoms with van der Waals surface area (Å²) in [7, 11) is 0. The molecule has 23 heavy (non-hydrogen) atoms. The van der Waals surface area contributed by atoms with Crippen molar-refractivity contribution in [1.29, 1.82) is 0 Å². The summed E-state index contributed by atoms with van der Waals surface area (Å²) in [4.78, 5) is 2.64. The van der Waals surface area contributed by atoms with Crippen LogP contribution >= 0.6 is 0 Å². The van der Waals surface area contributed by atoms with E-state index in [1.165, 1.54) is 70.9 Å². The van der Waals surface area contributed by atoms with Crippen LogP contribution in [0.4, 0.5) is 0 Å². The first-order valence-corrected chi connectivity index (χ1v) is 10.0. The Bertz CT molecular complexity index is 404. The Balaban J connectivity index is 1.30. The number of ether oxygens (including phenoxy) is 2. The summed E-state index contributed by atoms with van der Waals surface area (Å²) in [5, 5.41) is 3.84. The van der Waals surface area contributed by atoms with Crippen LogP contribution in [-0.2, 0) is 9.47 Å². The summed E-state index contributed by atoms with van der Waals surface area (Å²) in [6.07, 6.45) is 12.5. The molecule has 4 aliphatic rings. The molecule has 4 fully saturated rings. The minimum absolute atomic E-state index is 0.00712. The quantitative estimate of drug-likeness (QED) is 0.697. The van der Waals surface area contributed by atoms with Gasteiger partial charge in [-0.15, -0.1) is 0 Å². The Morgan fingerprint density at radius 1 is 1.09 bits per heavy atom. The highest BCUT2D eigenvalue weighted by atomic mass is 16.5. The molecule has 3 unspecified atom stereocenters. The highest BCUT2D eigenvalue weighted by Crippen LogP contribution is 2.49. The van der Waals surface area contributed by atoms with Gasteiger partial charge in [0.05, 0.1) is 25.4 Å². The number of likely N-dealkylation sites (tertiary alicyclic amines) is 1. The van der Waals surface area contributed by atoms with Gasteiger partial charge in [-0.05, 0) is 19.3 Å². The molecule has 3 atom stereocenters. The van der Waals surface area contributed by atoms with Crippen molar-refractivity contribution in [1.82, 2.24) is 10.2 Å². The van der Waals surface area contributed by atoms with Crippen molar-refractivity contribution in [2.45, 2.75) is 82.6 Å². The molecule has 4 rings (SSSR count). The van der Waals surface area contributed by atoms with Gasteiger partial charge in [0, 0.05) is 25.0 Å².